The maximum Gasteiger partial charge on any atom is 0.306 e. The number of hydrogen-bond donors (Lipinski definition) is 3. The summed E-state index contributed by atoms with van der Waals surface area (Å²) in [5, 5.41) is 23.8. The van der Waals surface area contributed by atoms with Crippen LogP contribution in [0, 0.1) is 0 Å². The molecule has 0 aromatic carbocycles. The standard InChI is InChI=1S/C58H103NO5/c1-4-7-10-13-16-19-22-25-28-30-33-36-39-42-45-48-51-58(63)64-54(49-46-43-40-37-34-31-29-26-23-20-17-14-11-8-5-2)52-57(62)59-55(53-60)56(61)50-47-44-41-38-35-32-27-24-21-18-15-12-9-6-3/h8,11,14,17,20,23,26,29,31,34,37,40,54-56,60-61H,4-7,9-10,12-13,15-16,18-19,21-22,24-25,27-28,30,32-33,35-36,38-39,41-53H2,1-3H3,(H,59,62)/b11-8-,17-14+,23-20+,29-26-,34-31+,40-37+. The maximum atomic E-state index is 13.2. The molecule has 0 rings (SSSR count). The SMILES string of the molecule is CC\C=C/C=C/C=C/C=C\C=C\C=C\CCCC(CC(=O)NC(CO)C(O)CCCCCCCCCCCCCCCC)OC(=O)CCCCCCCCCCCCCCCCCC. The van der Waals surface area contributed by atoms with Gasteiger partial charge in [-0.15, -0.1) is 0 Å². The molecule has 0 saturated carbocycles. The average Bonchev–Trinajstić information content (AvgIpc) is 3.29. The number of amides is 1. The molecule has 3 unspecified atom stereocenters. The molecule has 0 fully saturated rings. The first-order valence-electron chi connectivity index (χ1n) is 27.2. The van der Waals surface area contributed by atoms with E-state index in [1.807, 2.05) is 60.8 Å². The molecule has 6 heteroatoms. The normalized spacial score (nSPS) is 13.8. The Hall–Kier alpha value is -2.70. The minimum atomic E-state index is -0.809. The Morgan fingerprint density at radius 2 is 0.844 bits per heavy atom. The number of allylic oxidation sites excluding steroid dienone is 12. The van der Waals surface area contributed by atoms with Gasteiger partial charge in [0.15, 0.2) is 0 Å². The van der Waals surface area contributed by atoms with Crippen molar-refractivity contribution in [1.29, 1.82) is 0 Å². The molecule has 0 aromatic rings. The zero-order chi connectivity index (χ0) is 46.7. The molecule has 3 atom stereocenters. The van der Waals surface area contributed by atoms with E-state index in [0.717, 1.165) is 57.8 Å². The number of ether oxygens (including phenoxy) is 1. The van der Waals surface area contributed by atoms with Gasteiger partial charge >= 0.3 is 5.97 Å². The molecular formula is C58H103NO5. The Balaban J connectivity index is 4.68. The lowest BCUT2D eigenvalue weighted by Gasteiger charge is -2.24. The van der Waals surface area contributed by atoms with Crippen molar-refractivity contribution >= 4 is 11.9 Å². The summed E-state index contributed by atoms with van der Waals surface area (Å²) in [7, 11) is 0. The third-order valence-corrected chi connectivity index (χ3v) is 12.2. The molecular weight excluding hydrogens is 791 g/mol. The van der Waals surface area contributed by atoms with Gasteiger partial charge in [-0.05, 0) is 38.5 Å². The van der Waals surface area contributed by atoms with E-state index in [0.29, 0.717) is 19.3 Å². The Bertz CT molecular complexity index is 1190. The smallest absolute Gasteiger partial charge is 0.306 e. The predicted molar refractivity (Wildman–Crippen MR) is 278 cm³/mol. The molecule has 0 saturated heterocycles. The van der Waals surface area contributed by atoms with E-state index in [4.69, 9.17) is 4.74 Å². The van der Waals surface area contributed by atoms with E-state index in [1.54, 1.807) is 0 Å². The molecule has 0 aliphatic carbocycles. The number of rotatable bonds is 48. The second kappa shape index (κ2) is 51.3. The zero-order valence-corrected chi connectivity index (χ0v) is 42.1. The van der Waals surface area contributed by atoms with E-state index in [9.17, 15) is 19.8 Å². The van der Waals surface area contributed by atoms with Crippen molar-refractivity contribution < 1.29 is 24.5 Å². The molecule has 1 amide bonds. The van der Waals surface area contributed by atoms with Crippen molar-refractivity contribution in [2.24, 2.45) is 0 Å². The number of carbonyl (C=O) groups excluding carboxylic acids is 2. The molecule has 64 heavy (non-hydrogen) atoms. The fourth-order valence-electron chi connectivity index (χ4n) is 8.12. The summed E-state index contributed by atoms with van der Waals surface area (Å²) in [6, 6.07) is -0.727. The molecule has 0 heterocycles. The number of carbonyl (C=O) groups is 2. The third-order valence-electron chi connectivity index (χ3n) is 12.2. The third kappa shape index (κ3) is 45.9. The molecule has 0 bridgehead atoms. The van der Waals surface area contributed by atoms with Gasteiger partial charge in [0.05, 0.1) is 25.2 Å². The minimum absolute atomic E-state index is 0.0266. The van der Waals surface area contributed by atoms with Crippen LogP contribution in [0.4, 0.5) is 0 Å². The lowest BCUT2D eigenvalue weighted by atomic mass is 10.0. The minimum Gasteiger partial charge on any atom is -0.462 e. The van der Waals surface area contributed by atoms with E-state index in [1.165, 1.54) is 154 Å². The van der Waals surface area contributed by atoms with E-state index in [-0.39, 0.29) is 24.9 Å². The van der Waals surface area contributed by atoms with Crippen molar-refractivity contribution in [3.05, 3.63) is 72.9 Å². The summed E-state index contributed by atoms with van der Waals surface area (Å²) in [6.45, 7) is 6.33. The highest BCUT2D eigenvalue weighted by Gasteiger charge is 2.24. The van der Waals surface area contributed by atoms with E-state index >= 15 is 0 Å². The zero-order valence-electron chi connectivity index (χ0n) is 42.1. The van der Waals surface area contributed by atoms with E-state index < -0.39 is 18.2 Å². The van der Waals surface area contributed by atoms with Gasteiger partial charge in [0, 0.05) is 6.42 Å². The van der Waals surface area contributed by atoms with Gasteiger partial charge in [0.2, 0.25) is 5.91 Å². The predicted octanol–water partition coefficient (Wildman–Crippen LogP) is 16.6. The van der Waals surface area contributed by atoms with Crippen molar-refractivity contribution in [1.82, 2.24) is 5.32 Å². The summed E-state index contributed by atoms with van der Waals surface area (Å²) in [4.78, 5) is 26.2. The largest absolute Gasteiger partial charge is 0.462 e. The molecule has 0 spiro atoms. The van der Waals surface area contributed by atoms with Crippen LogP contribution in [0.1, 0.15) is 258 Å². The first kappa shape index (κ1) is 61.3. The molecule has 370 valence electrons. The number of hydrogen-bond acceptors (Lipinski definition) is 5. The van der Waals surface area contributed by atoms with Crippen molar-refractivity contribution in [3.8, 4) is 0 Å². The second-order valence-electron chi connectivity index (χ2n) is 18.4. The number of unbranched alkanes of at least 4 members (excludes halogenated alkanes) is 29. The highest BCUT2D eigenvalue weighted by Crippen LogP contribution is 2.18. The molecule has 0 radical (unpaired) electrons. The molecule has 3 N–H and O–H groups in total. The summed E-state index contributed by atoms with van der Waals surface area (Å²) in [5.74, 6) is -0.543. The van der Waals surface area contributed by atoms with Crippen molar-refractivity contribution in [3.63, 3.8) is 0 Å². The molecule has 0 aromatic heterocycles. The topological polar surface area (TPSA) is 95.9 Å². The van der Waals surface area contributed by atoms with Crippen LogP contribution in [-0.4, -0.2) is 46.9 Å². The first-order valence-corrected chi connectivity index (χ1v) is 27.2. The highest BCUT2D eigenvalue weighted by atomic mass is 16.5. The summed E-state index contributed by atoms with van der Waals surface area (Å²) >= 11 is 0. The number of nitrogens with one attached hydrogen (secondary N) is 1. The van der Waals surface area contributed by atoms with Gasteiger partial charge in [-0.3, -0.25) is 9.59 Å². The van der Waals surface area contributed by atoms with Crippen LogP contribution in [-0.2, 0) is 14.3 Å². The van der Waals surface area contributed by atoms with Gasteiger partial charge in [0.1, 0.15) is 6.10 Å². The molecule has 0 aliphatic heterocycles. The van der Waals surface area contributed by atoms with Crippen molar-refractivity contribution in [2.45, 2.75) is 277 Å². The molecule has 6 nitrogen and oxygen atoms in total. The summed E-state index contributed by atoms with van der Waals surface area (Å²) in [6.07, 6.45) is 65.4. The fourth-order valence-corrected chi connectivity index (χ4v) is 8.12. The number of aliphatic hydroxyl groups is 2. The lowest BCUT2D eigenvalue weighted by Crippen LogP contribution is -2.46. The van der Waals surface area contributed by atoms with Gasteiger partial charge in [0.25, 0.3) is 0 Å². The lowest BCUT2D eigenvalue weighted by molar-refractivity contribution is -0.151. The number of aliphatic hydroxyl groups excluding tert-OH is 2. The molecule has 0 aliphatic rings. The monoisotopic (exact) mass is 894 g/mol. The van der Waals surface area contributed by atoms with Crippen LogP contribution in [0.5, 0.6) is 0 Å². The fraction of sp³-hybridized carbons (Fsp3) is 0.759. The Labute approximate surface area is 396 Å². The number of esters is 1. The van der Waals surface area contributed by atoms with Crippen LogP contribution >= 0.6 is 0 Å². The van der Waals surface area contributed by atoms with Gasteiger partial charge < -0.3 is 20.3 Å². The summed E-state index contributed by atoms with van der Waals surface area (Å²) in [5.41, 5.74) is 0. The van der Waals surface area contributed by atoms with Crippen LogP contribution in [0.3, 0.4) is 0 Å². The van der Waals surface area contributed by atoms with Gasteiger partial charge in [-0.25, -0.2) is 0 Å². The van der Waals surface area contributed by atoms with Crippen LogP contribution in [0.15, 0.2) is 72.9 Å². The summed E-state index contributed by atoms with van der Waals surface area (Å²) < 4.78 is 5.91. The first-order chi connectivity index (χ1) is 31.5. The van der Waals surface area contributed by atoms with Crippen LogP contribution in [0.2, 0.25) is 0 Å². The van der Waals surface area contributed by atoms with Crippen molar-refractivity contribution in [2.75, 3.05) is 6.61 Å². The Kier molecular flexibility index (Phi) is 49.1. The maximum absolute atomic E-state index is 13.2. The Morgan fingerprint density at radius 3 is 1.25 bits per heavy atom. The highest BCUT2D eigenvalue weighted by molar-refractivity contribution is 5.77. The van der Waals surface area contributed by atoms with Crippen LogP contribution in [0.25, 0.3) is 0 Å². The Morgan fingerprint density at radius 1 is 0.469 bits per heavy atom. The van der Waals surface area contributed by atoms with Crippen LogP contribution < -0.4 is 5.32 Å². The second-order valence-corrected chi connectivity index (χ2v) is 18.4. The quantitative estimate of drug-likeness (QED) is 0.0321. The van der Waals surface area contributed by atoms with Gasteiger partial charge in [-0.2, -0.15) is 0 Å². The van der Waals surface area contributed by atoms with E-state index in [2.05, 4.69) is 38.2 Å². The average molecular weight is 894 g/mol. The van der Waals surface area contributed by atoms with Gasteiger partial charge in [-0.1, -0.05) is 280 Å².